The molecule has 1 N–H and O–H groups in total. The lowest BCUT2D eigenvalue weighted by Gasteiger charge is -2.25. The number of likely N-dealkylation sites (tertiary alicyclic amines) is 1. The number of nitrogens with zero attached hydrogens (tertiary/aromatic N) is 1. The molecule has 0 aliphatic carbocycles. The van der Waals surface area contributed by atoms with Crippen LogP contribution in [0.1, 0.15) is 45.4 Å². The molecule has 1 saturated heterocycles. The quantitative estimate of drug-likeness (QED) is 0.712. The van der Waals surface area contributed by atoms with Crippen LogP contribution in [0.4, 0.5) is 0 Å². The summed E-state index contributed by atoms with van der Waals surface area (Å²) in [5.74, 6) is -0.655. The van der Waals surface area contributed by atoms with E-state index < -0.39 is 5.97 Å². The van der Waals surface area contributed by atoms with Gasteiger partial charge in [-0.25, -0.2) is 0 Å². The fourth-order valence-corrected chi connectivity index (χ4v) is 2.16. The Morgan fingerprint density at radius 3 is 2.57 bits per heavy atom. The molecule has 0 aromatic carbocycles. The minimum Gasteiger partial charge on any atom is -0.481 e. The SMILES string of the molecule is CCCCC(CC(=O)O)N1CCCC1. The number of hydrogen-bond acceptors (Lipinski definition) is 2. The minimum absolute atomic E-state index is 0.287. The molecule has 1 fully saturated rings. The lowest BCUT2D eigenvalue weighted by atomic mass is 10.1. The van der Waals surface area contributed by atoms with Crippen molar-refractivity contribution in [2.75, 3.05) is 13.1 Å². The molecule has 14 heavy (non-hydrogen) atoms. The molecule has 0 aromatic rings. The molecular formula is C11H21NO2. The standard InChI is InChI=1S/C11H21NO2/c1-2-3-6-10(9-11(13)14)12-7-4-5-8-12/h10H,2-9H2,1H3,(H,13,14). The third-order valence-corrected chi connectivity index (χ3v) is 2.96. The number of carboxylic acids is 1. The number of hydrogen-bond donors (Lipinski definition) is 1. The topological polar surface area (TPSA) is 40.5 Å². The first-order valence-electron chi connectivity index (χ1n) is 5.70. The maximum atomic E-state index is 10.7. The van der Waals surface area contributed by atoms with Gasteiger partial charge in [0.05, 0.1) is 6.42 Å². The molecule has 0 radical (unpaired) electrons. The largest absolute Gasteiger partial charge is 0.481 e. The van der Waals surface area contributed by atoms with Crippen LogP contribution in [0.2, 0.25) is 0 Å². The van der Waals surface area contributed by atoms with Crippen molar-refractivity contribution < 1.29 is 9.90 Å². The Bertz CT molecular complexity index is 176. The van der Waals surface area contributed by atoms with Gasteiger partial charge in [0, 0.05) is 6.04 Å². The molecule has 1 unspecified atom stereocenters. The predicted molar refractivity (Wildman–Crippen MR) is 56.4 cm³/mol. The van der Waals surface area contributed by atoms with Crippen molar-refractivity contribution in [1.29, 1.82) is 0 Å². The summed E-state index contributed by atoms with van der Waals surface area (Å²) in [5, 5.41) is 8.82. The summed E-state index contributed by atoms with van der Waals surface area (Å²) in [6, 6.07) is 0.287. The van der Waals surface area contributed by atoms with Gasteiger partial charge in [-0.2, -0.15) is 0 Å². The van der Waals surface area contributed by atoms with Crippen molar-refractivity contribution in [1.82, 2.24) is 4.90 Å². The van der Waals surface area contributed by atoms with Crippen LogP contribution in [0.3, 0.4) is 0 Å². The summed E-state index contributed by atoms with van der Waals surface area (Å²) in [6.07, 6.45) is 6.14. The Morgan fingerprint density at radius 2 is 2.07 bits per heavy atom. The van der Waals surface area contributed by atoms with Gasteiger partial charge in [-0.15, -0.1) is 0 Å². The molecule has 0 bridgehead atoms. The highest BCUT2D eigenvalue weighted by Gasteiger charge is 2.23. The van der Waals surface area contributed by atoms with Gasteiger partial charge in [-0.05, 0) is 32.4 Å². The van der Waals surface area contributed by atoms with Crippen LogP contribution in [0.5, 0.6) is 0 Å². The summed E-state index contributed by atoms with van der Waals surface area (Å²) >= 11 is 0. The van der Waals surface area contributed by atoms with Gasteiger partial charge in [-0.1, -0.05) is 19.8 Å². The molecule has 0 amide bonds. The molecule has 1 aliphatic rings. The van der Waals surface area contributed by atoms with Crippen molar-refractivity contribution in [2.24, 2.45) is 0 Å². The number of unbranched alkanes of at least 4 members (excludes halogenated alkanes) is 1. The van der Waals surface area contributed by atoms with Crippen LogP contribution >= 0.6 is 0 Å². The van der Waals surface area contributed by atoms with Gasteiger partial charge >= 0.3 is 5.97 Å². The molecular weight excluding hydrogens is 178 g/mol. The van der Waals surface area contributed by atoms with E-state index in [4.69, 9.17) is 5.11 Å². The Morgan fingerprint density at radius 1 is 1.43 bits per heavy atom. The second kappa shape index (κ2) is 6.02. The lowest BCUT2D eigenvalue weighted by Crippen LogP contribution is -2.34. The summed E-state index contributed by atoms with van der Waals surface area (Å²) < 4.78 is 0. The van der Waals surface area contributed by atoms with Crippen LogP contribution in [0.25, 0.3) is 0 Å². The first-order valence-corrected chi connectivity index (χ1v) is 5.70. The minimum atomic E-state index is -0.655. The van der Waals surface area contributed by atoms with Gasteiger partial charge in [0.25, 0.3) is 0 Å². The maximum Gasteiger partial charge on any atom is 0.304 e. The van der Waals surface area contributed by atoms with E-state index in [-0.39, 0.29) is 6.04 Å². The smallest absolute Gasteiger partial charge is 0.304 e. The number of carbonyl (C=O) groups is 1. The lowest BCUT2D eigenvalue weighted by molar-refractivity contribution is -0.138. The highest BCUT2D eigenvalue weighted by atomic mass is 16.4. The van der Waals surface area contributed by atoms with Crippen molar-refractivity contribution in [2.45, 2.75) is 51.5 Å². The Kier molecular flexibility index (Phi) is 4.94. The third kappa shape index (κ3) is 3.66. The summed E-state index contributed by atoms with van der Waals surface area (Å²) in [5.41, 5.74) is 0. The van der Waals surface area contributed by atoms with Crippen LogP contribution in [0.15, 0.2) is 0 Å². The van der Waals surface area contributed by atoms with Gasteiger partial charge in [-0.3, -0.25) is 9.69 Å². The molecule has 0 saturated carbocycles. The fraction of sp³-hybridized carbons (Fsp3) is 0.909. The molecule has 0 spiro atoms. The molecule has 1 rings (SSSR count). The summed E-state index contributed by atoms with van der Waals surface area (Å²) in [4.78, 5) is 13.1. The zero-order chi connectivity index (χ0) is 10.4. The third-order valence-electron chi connectivity index (χ3n) is 2.96. The molecule has 1 heterocycles. The van der Waals surface area contributed by atoms with Crippen LogP contribution in [-0.2, 0) is 4.79 Å². The highest BCUT2D eigenvalue weighted by molar-refractivity contribution is 5.67. The molecule has 3 nitrogen and oxygen atoms in total. The Hall–Kier alpha value is -0.570. The van der Waals surface area contributed by atoms with Crippen LogP contribution in [0, 0.1) is 0 Å². The Balaban J connectivity index is 2.37. The molecule has 3 heteroatoms. The average Bonchev–Trinajstić information content (AvgIpc) is 2.64. The molecule has 0 aromatic heterocycles. The Labute approximate surface area is 86.1 Å². The van der Waals surface area contributed by atoms with Gasteiger partial charge in [0.2, 0.25) is 0 Å². The van der Waals surface area contributed by atoms with Crippen molar-refractivity contribution in [3.63, 3.8) is 0 Å². The zero-order valence-corrected chi connectivity index (χ0v) is 9.04. The van der Waals surface area contributed by atoms with Crippen LogP contribution < -0.4 is 0 Å². The van der Waals surface area contributed by atoms with Crippen molar-refractivity contribution in [3.05, 3.63) is 0 Å². The van der Waals surface area contributed by atoms with E-state index >= 15 is 0 Å². The van der Waals surface area contributed by atoms with E-state index in [1.807, 2.05) is 0 Å². The van der Waals surface area contributed by atoms with E-state index in [0.717, 1.165) is 32.4 Å². The predicted octanol–water partition coefficient (Wildman–Crippen LogP) is 2.12. The van der Waals surface area contributed by atoms with Crippen LogP contribution in [-0.4, -0.2) is 35.1 Å². The van der Waals surface area contributed by atoms with Crippen molar-refractivity contribution >= 4 is 5.97 Å². The number of aliphatic carboxylic acids is 1. The fourth-order valence-electron chi connectivity index (χ4n) is 2.16. The molecule has 1 atom stereocenters. The van der Waals surface area contributed by atoms with Gasteiger partial charge < -0.3 is 5.11 Å². The first-order chi connectivity index (χ1) is 6.74. The highest BCUT2D eigenvalue weighted by Crippen LogP contribution is 2.18. The van der Waals surface area contributed by atoms with Crippen molar-refractivity contribution in [3.8, 4) is 0 Å². The molecule has 82 valence electrons. The molecule has 1 aliphatic heterocycles. The van der Waals surface area contributed by atoms with Gasteiger partial charge in [0.15, 0.2) is 0 Å². The maximum absolute atomic E-state index is 10.7. The van der Waals surface area contributed by atoms with Gasteiger partial charge in [0.1, 0.15) is 0 Å². The summed E-state index contributed by atoms with van der Waals surface area (Å²) in [7, 11) is 0. The van der Waals surface area contributed by atoms with E-state index in [1.165, 1.54) is 12.8 Å². The second-order valence-corrected chi connectivity index (χ2v) is 4.14. The first kappa shape index (κ1) is 11.5. The summed E-state index contributed by atoms with van der Waals surface area (Å²) in [6.45, 7) is 4.35. The normalized spacial score (nSPS) is 19.8. The van der Waals surface area contributed by atoms with E-state index in [2.05, 4.69) is 11.8 Å². The monoisotopic (exact) mass is 199 g/mol. The number of rotatable bonds is 6. The number of carboxylic acid groups (broad SMARTS) is 1. The van der Waals surface area contributed by atoms with E-state index in [9.17, 15) is 4.79 Å². The van der Waals surface area contributed by atoms with E-state index in [0.29, 0.717) is 6.42 Å². The zero-order valence-electron chi connectivity index (χ0n) is 9.04. The average molecular weight is 199 g/mol. The van der Waals surface area contributed by atoms with E-state index in [1.54, 1.807) is 0 Å². The second-order valence-electron chi connectivity index (χ2n) is 4.14.